The van der Waals surface area contributed by atoms with Crippen molar-refractivity contribution in [1.29, 1.82) is 0 Å². The van der Waals surface area contributed by atoms with Crippen LogP contribution in [0.1, 0.15) is 99.8 Å². The van der Waals surface area contributed by atoms with Crippen LogP contribution in [0.2, 0.25) is 0 Å². The summed E-state index contributed by atoms with van der Waals surface area (Å²) in [6.45, 7) is 11.6. The van der Waals surface area contributed by atoms with Crippen molar-refractivity contribution < 1.29 is 133 Å². The summed E-state index contributed by atoms with van der Waals surface area (Å²) >= 11 is 0. The zero-order valence-electron chi connectivity index (χ0n) is 48.5. The largest absolute Gasteiger partial charge is 0.394 e. The molecule has 0 bridgehead atoms. The Morgan fingerprint density at radius 1 is 0.536 bits per heavy atom. The van der Waals surface area contributed by atoms with Gasteiger partial charge in [0.15, 0.2) is 37.2 Å². The Morgan fingerprint density at radius 3 is 1.70 bits per heavy atom. The number of ether oxygens (including phenoxy) is 12. The first-order valence-corrected chi connectivity index (χ1v) is 30.3. The van der Waals surface area contributed by atoms with Gasteiger partial charge >= 0.3 is 0 Å². The third-order valence-corrected chi connectivity index (χ3v) is 22.2. The van der Waals surface area contributed by atoms with E-state index in [0.717, 1.165) is 12.8 Å². The second kappa shape index (κ2) is 24.0. The van der Waals surface area contributed by atoms with Gasteiger partial charge in [-0.15, -0.1) is 0 Å². The summed E-state index contributed by atoms with van der Waals surface area (Å²) in [5.74, 6) is -1.42. The van der Waals surface area contributed by atoms with Crippen molar-refractivity contribution in [3.63, 3.8) is 0 Å². The standard InChI is InChI=1S/C57H92O27/c1-20-19-73-56(16-30(20)78-52-43(69)39(65)36(62)31(17-58)79-52)24(5)57(72)33(84-56)15-29-27-9-8-25-14-26(10-12-54(25,6)28(27)11-13-55(29,57)7)77-53-48(83-50-42(68)38(64)35(61)22(3)75-50)45(71)47(32(18-59)80-53)82-51-44(70)40(66)46(23(4)76-51)81-49-41(67)37(63)34(60)21(2)74-49/h8,20-24,26-53,58-72H,9-19H2,1-7H3. The lowest BCUT2D eigenvalue weighted by Crippen LogP contribution is -2.67. The highest BCUT2D eigenvalue weighted by atomic mass is 16.8. The minimum atomic E-state index is -1.90. The van der Waals surface area contributed by atoms with Gasteiger partial charge in [-0.25, -0.2) is 0 Å². The predicted molar refractivity (Wildman–Crippen MR) is 279 cm³/mol. The molecule has 4 aliphatic carbocycles. The molecule has 84 heavy (non-hydrogen) atoms. The van der Waals surface area contributed by atoms with E-state index < -0.39 is 208 Å². The maximum Gasteiger partial charge on any atom is 0.187 e. The predicted octanol–water partition coefficient (Wildman–Crippen LogP) is -4.00. The molecule has 0 radical (unpaired) electrons. The minimum Gasteiger partial charge on any atom is -0.394 e. The second-order valence-corrected chi connectivity index (χ2v) is 26.9. The molecule has 0 aromatic rings. The van der Waals surface area contributed by atoms with E-state index in [-0.39, 0.29) is 42.1 Å². The van der Waals surface area contributed by atoms with E-state index in [9.17, 15) is 76.6 Å². The molecule has 37 unspecified atom stereocenters. The third kappa shape index (κ3) is 10.5. The highest BCUT2D eigenvalue weighted by Crippen LogP contribution is 2.72. The fraction of sp³-hybridized carbons (Fsp3) is 0.965. The Kier molecular flexibility index (Phi) is 18.4. The van der Waals surface area contributed by atoms with Crippen LogP contribution >= 0.6 is 0 Å². The molecule has 7 aliphatic heterocycles. The second-order valence-electron chi connectivity index (χ2n) is 26.9. The SMILES string of the molecule is CC1COC2(CC1OC1OC(CO)C(O)C(O)C1O)OC1CC3C4CC=C5CC(OC6OC(CO)C(OC7OC(C)C(OC8OC(C)C(O)C(O)C8O)C(O)C7O)C(O)C6OC6OC(C)C(O)C(O)C6O)CCC5(C)C4CCC3(C)C1(O)C2C. The Balaban J connectivity index is 0.771. The topological polar surface area (TPSA) is 414 Å². The molecule has 0 amide bonds. The van der Waals surface area contributed by atoms with Crippen molar-refractivity contribution >= 4 is 0 Å². The summed E-state index contributed by atoms with van der Waals surface area (Å²) < 4.78 is 74.3. The van der Waals surface area contributed by atoms with Crippen LogP contribution < -0.4 is 0 Å². The van der Waals surface area contributed by atoms with Crippen LogP contribution in [-0.2, 0) is 56.8 Å². The van der Waals surface area contributed by atoms with Crippen molar-refractivity contribution in [2.75, 3.05) is 19.8 Å². The van der Waals surface area contributed by atoms with E-state index in [1.807, 2.05) is 13.8 Å². The molecule has 482 valence electrons. The van der Waals surface area contributed by atoms with Crippen molar-refractivity contribution in [2.24, 2.45) is 40.4 Å². The molecule has 37 atom stereocenters. The van der Waals surface area contributed by atoms with Gasteiger partial charge in [-0.3, -0.25) is 0 Å². The van der Waals surface area contributed by atoms with Gasteiger partial charge in [0.2, 0.25) is 0 Å². The first-order valence-electron chi connectivity index (χ1n) is 30.3. The number of rotatable bonds is 12. The maximum absolute atomic E-state index is 13.3. The van der Waals surface area contributed by atoms with Gasteiger partial charge in [0, 0.05) is 23.7 Å². The number of aliphatic hydroxyl groups is 15. The normalized spacial score (nSPS) is 58.5. The smallest absolute Gasteiger partial charge is 0.187 e. The molecular formula is C57H92O27. The van der Waals surface area contributed by atoms with E-state index in [1.54, 1.807) is 0 Å². The fourth-order valence-corrected chi connectivity index (χ4v) is 16.9. The maximum atomic E-state index is 13.3. The number of fused-ring (bicyclic) bond motifs is 7. The first kappa shape index (κ1) is 64.2. The van der Waals surface area contributed by atoms with Crippen LogP contribution in [0.15, 0.2) is 11.6 Å². The van der Waals surface area contributed by atoms with Crippen LogP contribution in [0.25, 0.3) is 0 Å². The summed E-state index contributed by atoms with van der Waals surface area (Å²) in [6.07, 6.45) is -32.6. The summed E-state index contributed by atoms with van der Waals surface area (Å²) in [4.78, 5) is 0. The Hall–Kier alpha value is -1.34. The van der Waals surface area contributed by atoms with Gasteiger partial charge < -0.3 is 133 Å². The molecule has 27 heteroatoms. The molecule has 1 spiro atoms. The van der Waals surface area contributed by atoms with Crippen molar-refractivity contribution in [2.45, 2.75) is 283 Å². The quantitative estimate of drug-likeness (QED) is 0.0828. The highest BCUT2D eigenvalue weighted by Gasteiger charge is 2.77. The molecule has 11 rings (SSSR count). The molecule has 3 saturated carbocycles. The lowest BCUT2D eigenvalue weighted by Gasteiger charge is -2.60. The van der Waals surface area contributed by atoms with E-state index >= 15 is 0 Å². The lowest BCUT2D eigenvalue weighted by molar-refractivity contribution is -0.394. The summed E-state index contributed by atoms with van der Waals surface area (Å²) in [6, 6.07) is 0. The number of hydrogen-bond donors (Lipinski definition) is 15. The molecule has 7 saturated heterocycles. The van der Waals surface area contributed by atoms with Crippen LogP contribution in [0.3, 0.4) is 0 Å². The van der Waals surface area contributed by atoms with E-state index in [4.69, 9.17) is 56.8 Å². The zero-order valence-corrected chi connectivity index (χ0v) is 48.5. The molecule has 11 aliphatic rings. The minimum absolute atomic E-state index is 0.0833. The summed E-state index contributed by atoms with van der Waals surface area (Å²) in [5.41, 5.74) is -0.937. The molecule has 0 aromatic heterocycles. The van der Waals surface area contributed by atoms with Gasteiger partial charge in [0.05, 0.1) is 56.4 Å². The van der Waals surface area contributed by atoms with Crippen LogP contribution in [0.5, 0.6) is 0 Å². The lowest BCUT2D eigenvalue weighted by atomic mass is 9.46. The molecule has 0 aromatic carbocycles. The number of hydrogen-bond acceptors (Lipinski definition) is 27. The zero-order chi connectivity index (χ0) is 60.6. The molecule has 7 heterocycles. The Bertz CT molecular complexity index is 2310. The van der Waals surface area contributed by atoms with E-state index in [0.29, 0.717) is 32.1 Å². The van der Waals surface area contributed by atoms with Crippen LogP contribution in [0, 0.1) is 40.4 Å². The molecule has 27 nitrogen and oxygen atoms in total. The van der Waals surface area contributed by atoms with Gasteiger partial charge in [0.25, 0.3) is 0 Å². The Labute approximate surface area is 487 Å². The van der Waals surface area contributed by atoms with Gasteiger partial charge in [0.1, 0.15) is 109 Å². The molecule has 15 N–H and O–H groups in total. The van der Waals surface area contributed by atoms with Gasteiger partial charge in [-0.2, -0.15) is 0 Å². The van der Waals surface area contributed by atoms with Crippen molar-refractivity contribution in [3.05, 3.63) is 11.6 Å². The average molecular weight is 1210 g/mol. The highest BCUT2D eigenvalue weighted by molar-refractivity contribution is 5.29. The summed E-state index contributed by atoms with van der Waals surface area (Å²) in [5, 5.41) is 164. The van der Waals surface area contributed by atoms with Gasteiger partial charge in [-0.1, -0.05) is 39.3 Å². The van der Waals surface area contributed by atoms with Crippen LogP contribution in [-0.4, -0.2) is 280 Å². The number of allylic oxidation sites excluding steroid dienone is 1. The number of aliphatic hydroxyl groups excluding tert-OH is 14. The summed E-state index contributed by atoms with van der Waals surface area (Å²) in [7, 11) is 0. The van der Waals surface area contributed by atoms with E-state index in [2.05, 4.69) is 19.9 Å². The average Bonchev–Trinajstić information content (AvgIpc) is 2.23. The van der Waals surface area contributed by atoms with E-state index in [1.165, 1.54) is 26.3 Å². The third-order valence-electron chi connectivity index (χ3n) is 22.2. The first-order chi connectivity index (χ1) is 39.6. The monoisotopic (exact) mass is 1210 g/mol. The van der Waals surface area contributed by atoms with Crippen LogP contribution in [0.4, 0.5) is 0 Å². The Morgan fingerprint density at radius 2 is 1.08 bits per heavy atom. The van der Waals surface area contributed by atoms with Crippen molar-refractivity contribution in [3.8, 4) is 0 Å². The molecule has 10 fully saturated rings. The van der Waals surface area contributed by atoms with Crippen molar-refractivity contribution in [1.82, 2.24) is 0 Å². The fourth-order valence-electron chi connectivity index (χ4n) is 16.9. The van der Waals surface area contributed by atoms with Gasteiger partial charge in [-0.05, 0) is 88.9 Å². The molecular weight excluding hydrogens is 1120 g/mol.